The van der Waals surface area contributed by atoms with Gasteiger partial charge in [-0.3, -0.25) is 0 Å². The van der Waals surface area contributed by atoms with Crippen LogP contribution in [0.4, 0.5) is 0 Å². The highest BCUT2D eigenvalue weighted by Gasteiger charge is 2.13. The van der Waals surface area contributed by atoms with Crippen molar-refractivity contribution in [3.8, 4) is 0 Å². The Balaban J connectivity index is 3.75. The van der Waals surface area contributed by atoms with Crippen molar-refractivity contribution in [2.45, 2.75) is 47.1 Å². The summed E-state index contributed by atoms with van der Waals surface area (Å²) in [7, 11) is 2.21. The molecule has 0 amide bonds. The highest BCUT2D eigenvalue weighted by Crippen LogP contribution is 2.15. The molecule has 0 aliphatic carbocycles. The molecule has 1 heteroatoms. The molecule has 0 rings (SSSR count). The van der Waals surface area contributed by atoms with Gasteiger partial charge in [0.15, 0.2) is 0 Å². The van der Waals surface area contributed by atoms with Crippen molar-refractivity contribution in [3.05, 3.63) is 0 Å². The van der Waals surface area contributed by atoms with E-state index in [1.807, 2.05) is 0 Å². The second-order valence-corrected chi connectivity index (χ2v) is 4.40. The standard InChI is InChI=1S/C11H25N/c1-7-10(4)11(5)8-12(6)9(2)3/h9-11H,7-8H2,1-6H3. The van der Waals surface area contributed by atoms with Gasteiger partial charge in [-0.1, -0.05) is 27.2 Å². The molecule has 0 aliphatic rings. The zero-order valence-electron chi connectivity index (χ0n) is 9.59. The van der Waals surface area contributed by atoms with Gasteiger partial charge in [0.1, 0.15) is 0 Å². The smallest absolute Gasteiger partial charge is 0.00356 e. The summed E-state index contributed by atoms with van der Waals surface area (Å²) in [4.78, 5) is 2.43. The van der Waals surface area contributed by atoms with Gasteiger partial charge in [0, 0.05) is 12.6 Å². The van der Waals surface area contributed by atoms with Crippen LogP contribution in [0.1, 0.15) is 41.0 Å². The topological polar surface area (TPSA) is 3.24 Å². The van der Waals surface area contributed by atoms with E-state index in [0.29, 0.717) is 6.04 Å². The molecule has 0 spiro atoms. The minimum absolute atomic E-state index is 0.677. The van der Waals surface area contributed by atoms with Gasteiger partial charge in [0.2, 0.25) is 0 Å². The molecule has 74 valence electrons. The Labute approximate surface area is 78.1 Å². The molecule has 0 saturated carbocycles. The first-order valence-corrected chi connectivity index (χ1v) is 5.19. The van der Waals surface area contributed by atoms with Gasteiger partial charge in [0.25, 0.3) is 0 Å². The van der Waals surface area contributed by atoms with Gasteiger partial charge in [-0.25, -0.2) is 0 Å². The van der Waals surface area contributed by atoms with Gasteiger partial charge >= 0.3 is 0 Å². The molecule has 0 bridgehead atoms. The first-order valence-electron chi connectivity index (χ1n) is 5.19. The summed E-state index contributed by atoms with van der Waals surface area (Å²) >= 11 is 0. The fourth-order valence-electron chi connectivity index (χ4n) is 1.25. The van der Waals surface area contributed by atoms with Gasteiger partial charge in [-0.2, -0.15) is 0 Å². The molecular weight excluding hydrogens is 146 g/mol. The lowest BCUT2D eigenvalue weighted by Gasteiger charge is -2.27. The van der Waals surface area contributed by atoms with Gasteiger partial charge in [0.05, 0.1) is 0 Å². The van der Waals surface area contributed by atoms with E-state index < -0.39 is 0 Å². The van der Waals surface area contributed by atoms with Crippen molar-refractivity contribution in [1.29, 1.82) is 0 Å². The third-order valence-corrected chi connectivity index (χ3v) is 3.07. The largest absolute Gasteiger partial charge is 0.304 e. The van der Waals surface area contributed by atoms with Crippen LogP contribution in [0.15, 0.2) is 0 Å². The number of rotatable bonds is 5. The Hall–Kier alpha value is -0.0400. The molecule has 0 N–H and O–H groups in total. The summed E-state index contributed by atoms with van der Waals surface area (Å²) in [6.07, 6.45) is 1.30. The SMILES string of the molecule is CCC(C)C(C)CN(C)C(C)C. The fourth-order valence-corrected chi connectivity index (χ4v) is 1.25. The first-order chi connectivity index (χ1) is 5.49. The molecule has 0 aromatic carbocycles. The van der Waals surface area contributed by atoms with Crippen LogP contribution < -0.4 is 0 Å². The first kappa shape index (κ1) is 12.0. The summed E-state index contributed by atoms with van der Waals surface area (Å²) < 4.78 is 0. The molecule has 2 atom stereocenters. The van der Waals surface area contributed by atoms with Crippen LogP contribution in [0, 0.1) is 11.8 Å². The molecule has 0 heterocycles. The van der Waals surface area contributed by atoms with Crippen molar-refractivity contribution in [1.82, 2.24) is 4.90 Å². The lowest BCUT2D eigenvalue weighted by molar-refractivity contribution is 0.203. The van der Waals surface area contributed by atoms with Crippen molar-refractivity contribution in [2.75, 3.05) is 13.6 Å². The maximum atomic E-state index is 2.43. The molecule has 12 heavy (non-hydrogen) atoms. The van der Waals surface area contributed by atoms with Crippen molar-refractivity contribution >= 4 is 0 Å². The number of nitrogens with zero attached hydrogens (tertiary/aromatic N) is 1. The number of hydrogen-bond acceptors (Lipinski definition) is 1. The predicted octanol–water partition coefficient (Wildman–Crippen LogP) is 3.01. The van der Waals surface area contributed by atoms with E-state index in [9.17, 15) is 0 Å². The van der Waals surface area contributed by atoms with E-state index in [1.54, 1.807) is 0 Å². The minimum Gasteiger partial charge on any atom is -0.304 e. The highest BCUT2D eigenvalue weighted by atomic mass is 15.1. The van der Waals surface area contributed by atoms with E-state index in [0.717, 1.165) is 11.8 Å². The monoisotopic (exact) mass is 171 g/mol. The average molecular weight is 171 g/mol. The normalized spacial score (nSPS) is 17.0. The Morgan fingerprint density at radius 1 is 1.00 bits per heavy atom. The van der Waals surface area contributed by atoms with E-state index in [1.165, 1.54) is 13.0 Å². The summed E-state index contributed by atoms with van der Waals surface area (Å²) in [5.74, 6) is 1.67. The third-order valence-electron chi connectivity index (χ3n) is 3.07. The van der Waals surface area contributed by atoms with Crippen molar-refractivity contribution < 1.29 is 0 Å². The molecule has 1 nitrogen and oxygen atoms in total. The molecule has 2 unspecified atom stereocenters. The van der Waals surface area contributed by atoms with Crippen LogP contribution in [0.5, 0.6) is 0 Å². The van der Waals surface area contributed by atoms with E-state index >= 15 is 0 Å². The predicted molar refractivity (Wildman–Crippen MR) is 56.4 cm³/mol. The van der Waals surface area contributed by atoms with Crippen LogP contribution in [0.2, 0.25) is 0 Å². The van der Waals surface area contributed by atoms with Crippen molar-refractivity contribution in [2.24, 2.45) is 11.8 Å². The quantitative estimate of drug-likeness (QED) is 0.614. The van der Waals surface area contributed by atoms with E-state index in [2.05, 4.69) is 46.6 Å². The van der Waals surface area contributed by atoms with Crippen LogP contribution in [0.25, 0.3) is 0 Å². The Bertz CT molecular complexity index is 110. The summed E-state index contributed by atoms with van der Waals surface area (Å²) in [5, 5.41) is 0. The second kappa shape index (κ2) is 5.58. The Morgan fingerprint density at radius 3 is 1.83 bits per heavy atom. The lowest BCUT2D eigenvalue weighted by Crippen LogP contribution is -2.32. The van der Waals surface area contributed by atoms with E-state index in [4.69, 9.17) is 0 Å². The molecule has 0 aromatic rings. The van der Waals surface area contributed by atoms with Gasteiger partial charge in [-0.15, -0.1) is 0 Å². The molecule has 0 fully saturated rings. The molecule has 0 saturated heterocycles. The highest BCUT2D eigenvalue weighted by molar-refractivity contribution is 4.66. The minimum atomic E-state index is 0.677. The fraction of sp³-hybridized carbons (Fsp3) is 1.00. The molecule has 0 aliphatic heterocycles. The summed E-state index contributed by atoms with van der Waals surface area (Å²) in [6, 6.07) is 0.677. The van der Waals surface area contributed by atoms with E-state index in [-0.39, 0.29) is 0 Å². The van der Waals surface area contributed by atoms with Gasteiger partial charge in [-0.05, 0) is 32.7 Å². The van der Waals surface area contributed by atoms with Crippen LogP contribution in [0.3, 0.4) is 0 Å². The number of hydrogen-bond donors (Lipinski definition) is 0. The lowest BCUT2D eigenvalue weighted by atomic mass is 9.93. The molecule has 0 radical (unpaired) electrons. The Morgan fingerprint density at radius 2 is 1.50 bits per heavy atom. The van der Waals surface area contributed by atoms with Crippen molar-refractivity contribution in [3.63, 3.8) is 0 Å². The maximum absolute atomic E-state index is 2.43. The summed E-state index contributed by atoms with van der Waals surface area (Å²) in [6.45, 7) is 12.7. The van der Waals surface area contributed by atoms with Gasteiger partial charge < -0.3 is 4.90 Å². The average Bonchev–Trinajstić information content (AvgIpc) is 2.02. The molecular formula is C11H25N. The van der Waals surface area contributed by atoms with Crippen LogP contribution >= 0.6 is 0 Å². The third kappa shape index (κ3) is 4.10. The zero-order chi connectivity index (χ0) is 9.72. The molecule has 0 aromatic heterocycles. The summed E-state index contributed by atoms with van der Waals surface area (Å²) in [5.41, 5.74) is 0. The van der Waals surface area contributed by atoms with Crippen LogP contribution in [-0.4, -0.2) is 24.5 Å². The maximum Gasteiger partial charge on any atom is 0.00356 e. The zero-order valence-corrected chi connectivity index (χ0v) is 9.59. The van der Waals surface area contributed by atoms with Crippen LogP contribution in [-0.2, 0) is 0 Å². The second-order valence-electron chi connectivity index (χ2n) is 4.40. The Kier molecular flexibility index (Phi) is 5.56.